The van der Waals surface area contributed by atoms with Crippen LogP contribution in [0.25, 0.3) is 0 Å². The maximum Gasteiger partial charge on any atom is 0.191 e. The van der Waals surface area contributed by atoms with E-state index in [0.29, 0.717) is 11.0 Å². The molecule has 0 aromatic heterocycles. The van der Waals surface area contributed by atoms with Crippen molar-refractivity contribution in [2.75, 3.05) is 5.75 Å². The minimum absolute atomic E-state index is 0.338. The molecule has 1 nitrogen and oxygen atoms in total. The van der Waals surface area contributed by atoms with Crippen LogP contribution < -0.4 is 0 Å². The van der Waals surface area contributed by atoms with Crippen molar-refractivity contribution in [3.8, 4) is 0 Å². The fourth-order valence-corrected chi connectivity index (χ4v) is 1.67. The summed E-state index contributed by atoms with van der Waals surface area (Å²) < 4.78 is 0. The second-order valence-electron chi connectivity index (χ2n) is 1.86. The third-order valence-corrected chi connectivity index (χ3v) is 2.32. The van der Waals surface area contributed by atoms with Crippen LogP contribution >= 0.6 is 11.8 Å². The van der Waals surface area contributed by atoms with Gasteiger partial charge in [0, 0.05) is 11.7 Å². The van der Waals surface area contributed by atoms with Crippen LogP contribution in [0.3, 0.4) is 0 Å². The Balaban J connectivity index is 2.48. The highest BCUT2D eigenvalue weighted by Crippen LogP contribution is 2.24. The minimum atomic E-state index is 0.338. The van der Waals surface area contributed by atoms with E-state index in [0.717, 1.165) is 12.2 Å². The minimum Gasteiger partial charge on any atom is -0.287 e. The van der Waals surface area contributed by atoms with E-state index in [1.54, 1.807) is 0 Å². The van der Waals surface area contributed by atoms with Crippen LogP contribution in [0.1, 0.15) is 13.3 Å². The number of hydrogen-bond donors (Lipinski definition) is 0. The van der Waals surface area contributed by atoms with Gasteiger partial charge in [-0.3, -0.25) is 4.79 Å². The topological polar surface area (TPSA) is 17.1 Å². The summed E-state index contributed by atoms with van der Waals surface area (Å²) in [6.45, 7) is 1.99. The zero-order valence-corrected chi connectivity index (χ0v) is 5.12. The highest BCUT2D eigenvalue weighted by Gasteiger charge is 2.19. The predicted octanol–water partition coefficient (Wildman–Crippen LogP) is 1.29. The number of thioether (sulfide) groups is 1. The molecule has 1 atom stereocenters. The Hall–Kier alpha value is 0.0200. The van der Waals surface area contributed by atoms with Crippen molar-refractivity contribution in [2.24, 2.45) is 5.92 Å². The number of carbonyl (C=O) groups excluding carboxylic acids is 1. The molecule has 2 heteroatoms. The number of hydrogen-bond acceptors (Lipinski definition) is 2. The lowest BCUT2D eigenvalue weighted by Crippen LogP contribution is -1.95. The Morgan fingerprint density at radius 3 is 2.71 bits per heavy atom. The van der Waals surface area contributed by atoms with Gasteiger partial charge in [-0.15, -0.1) is 0 Å². The quantitative estimate of drug-likeness (QED) is 0.474. The first kappa shape index (κ1) is 5.16. The SMILES string of the molecule is C[C@H]1CCSC1=O. The third kappa shape index (κ3) is 0.969. The lowest BCUT2D eigenvalue weighted by Gasteiger charge is -1.89. The first-order valence-corrected chi connectivity index (χ1v) is 3.46. The van der Waals surface area contributed by atoms with Gasteiger partial charge in [0.25, 0.3) is 0 Å². The van der Waals surface area contributed by atoms with Gasteiger partial charge in [-0.05, 0) is 6.42 Å². The van der Waals surface area contributed by atoms with Crippen molar-refractivity contribution < 1.29 is 4.79 Å². The van der Waals surface area contributed by atoms with Gasteiger partial charge >= 0.3 is 0 Å². The third-order valence-electron chi connectivity index (χ3n) is 1.20. The summed E-state index contributed by atoms with van der Waals surface area (Å²) in [6.07, 6.45) is 1.09. The van der Waals surface area contributed by atoms with Crippen LogP contribution in [-0.4, -0.2) is 10.9 Å². The molecule has 0 radical (unpaired) electrons. The Kier molecular flexibility index (Phi) is 1.38. The molecule has 0 bridgehead atoms. The van der Waals surface area contributed by atoms with E-state index in [1.807, 2.05) is 6.92 Å². The van der Waals surface area contributed by atoms with E-state index in [9.17, 15) is 4.79 Å². The van der Waals surface area contributed by atoms with Gasteiger partial charge in [0.05, 0.1) is 0 Å². The van der Waals surface area contributed by atoms with E-state index in [1.165, 1.54) is 11.8 Å². The summed E-state index contributed by atoms with van der Waals surface area (Å²) in [5.74, 6) is 1.38. The molecule has 0 aliphatic carbocycles. The van der Waals surface area contributed by atoms with Crippen LogP contribution in [0.15, 0.2) is 0 Å². The van der Waals surface area contributed by atoms with Crippen molar-refractivity contribution in [1.29, 1.82) is 0 Å². The van der Waals surface area contributed by atoms with E-state index >= 15 is 0 Å². The van der Waals surface area contributed by atoms with Crippen molar-refractivity contribution in [2.45, 2.75) is 13.3 Å². The first-order valence-electron chi connectivity index (χ1n) is 2.47. The maximum absolute atomic E-state index is 10.5. The monoisotopic (exact) mass is 116 g/mol. The average Bonchev–Trinajstić information content (AvgIpc) is 1.91. The van der Waals surface area contributed by atoms with E-state index in [-0.39, 0.29) is 0 Å². The highest BCUT2D eigenvalue weighted by molar-refractivity contribution is 8.14. The van der Waals surface area contributed by atoms with Crippen LogP contribution in [0, 0.1) is 5.92 Å². The van der Waals surface area contributed by atoms with Gasteiger partial charge in [-0.2, -0.15) is 0 Å². The van der Waals surface area contributed by atoms with E-state index < -0.39 is 0 Å². The molecule has 0 unspecified atom stereocenters. The molecule has 1 aliphatic rings. The lowest BCUT2D eigenvalue weighted by molar-refractivity contribution is -0.113. The molecule has 0 saturated carbocycles. The van der Waals surface area contributed by atoms with Crippen LogP contribution in [0.4, 0.5) is 0 Å². The average molecular weight is 116 g/mol. The molecule has 1 rings (SSSR count). The molecular formula is C5H8OS. The maximum atomic E-state index is 10.5. The van der Waals surface area contributed by atoms with Gasteiger partial charge in [-0.25, -0.2) is 0 Å². The first-order chi connectivity index (χ1) is 3.30. The van der Waals surface area contributed by atoms with Crippen molar-refractivity contribution >= 4 is 16.9 Å². The molecule has 1 heterocycles. The molecule has 0 spiro atoms. The van der Waals surface area contributed by atoms with Crippen molar-refractivity contribution in [3.05, 3.63) is 0 Å². The Morgan fingerprint density at radius 2 is 2.57 bits per heavy atom. The van der Waals surface area contributed by atoms with Crippen LogP contribution in [0.2, 0.25) is 0 Å². The van der Waals surface area contributed by atoms with E-state index in [2.05, 4.69) is 0 Å². The summed E-state index contributed by atoms with van der Waals surface area (Å²) in [7, 11) is 0. The second-order valence-corrected chi connectivity index (χ2v) is 2.96. The molecule has 40 valence electrons. The van der Waals surface area contributed by atoms with Gasteiger partial charge in [-0.1, -0.05) is 18.7 Å². The highest BCUT2D eigenvalue weighted by atomic mass is 32.2. The predicted molar refractivity (Wildman–Crippen MR) is 31.2 cm³/mol. The van der Waals surface area contributed by atoms with Gasteiger partial charge < -0.3 is 0 Å². The molecule has 0 aromatic rings. The molecule has 1 aliphatic heterocycles. The molecule has 0 aromatic carbocycles. The molecule has 7 heavy (non-hydrogen) atoms. The van der Waals surface area contributed by atoms with Crippen molar-refractivity contribution in [1.82, 2.24) is 0 Å². The summed E-state index contributed by atoms with van der Waals surface area (Å²) in [4.78, 5) is 10.5. The Labute approximate surface area is 47.5 Å². The number of rotatable bonds is 0. The molecule has 0 amide bonds. The molecular weight excluding hydrogens is 108 g/mol. The molecule has 1 fully saturated rings. The lowest BCUT2D eigenvalue weighted by atomic mass is 10.2. The Bertz CT molecular complexity index is 90.1. The second kappa shape index (κ2) is 1.86. The fraction of sp³-hybridized carbons (Fsp3) is 0.800. The van der Waals surface area contributed by atoms with Gasteiger partial charge in [0.2, 0.25) is 0 Å². The zero-order valence-electron chi connectivity index (χ0n) is 4.31. The summed E-state index contributed by atoms with van der Waals surface area (Å²) in [6, 6.07) is 0. The molecule has 0 N–H and O–H groups in total. The van der Waals surface area contributed by atoms with Crippen LogP contribution in [-0.2, 0) is 4.79 Å². The summed E-state index contributed by atoms with van der Waals surface area (Å²) >= 11 is 1.47. The standard InChI is InChI=1S/C5H8OS/c1-4-2-3-7-5(4)6/h4H,2-3H2,1H3/t4-/m0/s1. The largest absolute Gasteiger partial charge is 0.287 e. The summed E-state index contributed by atoms with van der Waals surface area (Å²) in [5.41, 5.74) is 0. The smallest absolute Gasteiger partial charge is 0.191 e. The molecule has 1 saturated heterocycles. The van der Waals surface area contributed by atoms with E-state index in [4.69, 9.17) is 0 Å². The normalized spacial score (nSPS) is 31.6. The van der Waals surface area contributed by atoms with Crippen molar-refractivity contribution in [3.63, 3.8) is 0 Å². The van der Waals surface area contributed by atoms with Crippen LogP contribution in [0.5, 0.6) is 0 Å². The fourth-order valence-electron chi connectivity index (χ4n) is 0.596. The van der Waals surface area contributed by atoms with Gasteiger partial charge in [0.1, 0.15) is 0 Å². The number of carbonyl (C=O) groups is 1. The summed E-state index contributed by atoms with van der Waals surface area (Å²) in [5, 5.41) is 0.375. The zero-order chi connectivity index (χ0) is 5.28. The Morgan fingerprint density at radius 1 is 1.86 bits per heavy atom. The van der Waals surface area contributed by atoms with Gasteiger partial charge in [0.15, 0.2) is 5.12 Å².